The summed E-state index contributed by atoms with van der Waals surface area (Å²) < 4.78 is 11.7. The number of hydrogen-bond acceptors (Lipinski definition) is 3. The molecule has 0 radical (unpaired) electrons. The lowest BCUT2D eigenvalue weighted by Crippen LogP contribution is -2.22. The molecule has 0 amide bonds. The van der Waals surface area contributed by atoms with E-state index in [0.29, 0.717) is 6.61 Å². The van der Waals surface area contributed by atoms with E-state index in [-0.39, 0.29) is 6.10 Å². The number of para-hydroxylation sites is 3. The number of aryl methyl sites for hydroxylation is 1. The molecule has 0 fully saturated rings. The first kappa shape index (κ1) is 11.3. The Hall–Kier alpha value is -2.49. The number of nitrogens with one attached hydrogen (secondary N) is 1. The first-order valence-electron chi connectivity index (χ1n) is 6.65. The summed E-state index contributed by atoms with van der Waals surface area (Å²) in [6, 6.07) is 13.8. The summed E-state index contributed by atoms with van der Waals surface area (Å²) in [5.74, 6) is 2.36. The van der Waals surface area contributed by atoms with Crippen LogP contribution in [0.2, 0.25) is 0 Å². The number of fused-ring (bicyclic) bond motifs is 2. The summed E-state index contributed by atoms with van der Waals surface area (Å²) in [5, 5.41) is 0. The lowest BCUT2D eigenvalue weighted by Gasteiger charge is -2.24. The molecule has 2 heterocycles. The van der Waals surface area contributed by atoms with Gasteiger partial charge in [-0.3, -0.25) is 0 Å². The zero-order chi connectivity index (χ0) is 13.5. The van der Waals surface area contributed by atoms with Crippen LogP contribution in [0.3, 0.4) is 0 Å². The maximum atomic E-state index is 5.97. The number of hydrogen-bond donors (Lipinski definition) is 1. The van der Waals surface area contributed by atoms with Crippen molar-refractivity contribution < 1.29 is 9.47 Å². The summed E-state index contributed by atoms with van der Waals surface area (Å²) in [6.07, 6.45) is -0.198. The highest BCUT2D eigenvalue weighted by Gasteiger charge is 2.25. The standard InChI is InChI=1S/C16H14N2O2/c1-10-5-4-6-11-15(10)18-16(17-11)14-9-19-12-7-2-3-8-13(12)20-14/h2-8,14H,9H2,1H3,(H,17,18). The predicted octanol–water partition coefficient (Wildman–Crippen LogP) is 3.38. The highest BCUT2D eigenvalue weighted by atomic mass is 16.6. The second-order valence-corrected chi connectivity index (χ2v) is 4.96. The monoisotopic (exact) mass is 266 g/mol. The van der Waals surface area contributed by atoms with Crippen molar-refractivity contribution in [1.29, 1.82) is 0 Å². The van der Waals surface area contributed by atoms with Crippen LogP contribution in [0, 0.1) is 6.92 Å². The minimum Gasteiger partial charge on any atom is -0.485 e. The van der Waals surface area contributed by atoms with Gasteiger partial charge in [-0.15, -0.1) is 0 Å². The van der Waals surface area contributed by atoms with E-state index >= 15 is 0 Å². The fraction of sp³-hybridized carbons (Fsp3) is 0.188. The zero-order valence-electron chi connectivity index (χ0n) is 11.1. The van der Waals surface area contributed by atoms with Crippen LogP contribution in [0.1, 0.15) is 17.5 Å². The summed E-state index contributed by atoms with van der Waals surface area (Å²) >= 11 is 0. The summed E-state index contributed by atoms with van der Waals surface area (Å²) in [4.78, 5) is 7.97. The van der Waals surface area contributed by atoms with Crippen LogP contribution in [0.5, 0.6) is 11.5 Å². The molecule has 1 aromatic heterocycles. The predicted molar refractivity (Wildman–Crippen MR) is 76.1 cm³/mol. The molecule has 3 aromatic rings. The summed E-state index contributed by atoms with van der Waals surface area (Å²) in [6.45, 7) is 2.52. The number of nitrogens with zero attached hydrogens (tertiary/aromatic N) is 1. The van der Waals surface area contributed by atoms with Crippen molar-refractivity contribution in [2.45, 2.75) is 13.0 Å². The molecule has 0 spiro atoms. The number of rotatable bonds is 1. The highest BCUT2D eigenvalue weighted by Crippen LogP contribution is 2.35. The van der Waals surface area contributed by atoms with Gasteiger partial charge in [0.1, 0.15) is 6.61 Å². The Labute approximate surface area is 116 Å². The Morgan fingerprint density at radius 1 is 1.10 bits per heavy atom. The Kier molecular flexibility index (Phi) is 2.42. The van der Waals surface area contributed by atoms with Crippen LogP contribution in [0.15, 0.2) is 42.5 Å². The van der Waals surface area contributed by atoms with Gasteiger partial charge in [-0.1, -0.05) is 24.3 Å². The molecule has 2 aromatic carbocycles. The Balaban J connectivity index is 1.72. The molecule has 0 aliphatic carbocycles. The Bertz CT molecular complexity index is 779. The Morgan fingerprint density at radius 2 is 1.95 bits per heavy atom. The highest BCUT2D eigenvalue weighted by molar-refractivity contribution is 5.78. The number of aromatic amines is 1. The molecule has 0 saturated carbocycles. The van der Waals surface area contributed by atoms with Crippen LogP contribution in [-0.4, -0.2) is 16.6 Å². The summed E-state index contributed by atoms with van der Waals surface area (Å²) in [7, 11) is 0. The molecule has 1 aliphatic rings. The second kappa shape index (κ2) is 4.27. The second-order valence-electron chi connectivity index (χ2n) is 4.96. The van der Waals surface area contributed by atoms with Crippen molar-refractivity contribution in [2.24, 2.45) is 0 Å². The van der Waals surface area contributed by atoms with Gasteiger partial charge >= 0.3 is 0 Å². The number of benzene rings is 2. The van der Waals surface area contributed by atoms with Gasteiger partial charge in [-0.25, -0.2) is 4.98 Å². The fourth-order valence-corrected chi connectivity index (χ4v) is 2.50. The molecule has 4 heteroatoms. The quantitative estimate of drug-likeness (QED) is 0.734. The molecule has 4 rings (SSSR count). The van der Waals surface area contributed by atoms with E-state index in [1.54, 1.807) is 0 Å². The van der Waals surface area contributed by atoms with Crippen LogP contribution >= 0.6 is 0 Å². The number of ether oxygens (including phenoxy) is 2. The van der Waals surface area contributed by atoms with Crippen molar-refractivity contribution in [3.8, 4) is 11.5 Å². The van der Waals surface area contributed by atoms with Gasteiger partial charge < -0.3 is 14.5 Å². The number of imidazole rings is 1. The molecule has 4 nitrogen and oxygen atoms in total. The summed E-state index contributed by atoms with van der Waals surface area (Å²) in [5.41, 5.74) is 3.18. The van der Waals surface area contributed by atoms with Crippen molar-refractivity contribution >= 4 is 11.0 Å². The van der Waals surface area contributed by atoms with E-state index < -0.39 is 0 Å². The van der Waals surface area contributed by atoms with Crippen LogP contribution in [0.4, 0.5) is 0 Å². The largest absolute Gasteiger partial charge is 0.485 e. The molecule has 0 saturated heterocycles. The first-order valence-corrected chi connectivity index (χ1v) is 6.65. The van der Waals surface area contributed by atoms with Gasteiger partial charge in [0.15, 0.2) is 23.4 Å². The maximum absolute atomic E-state index is 5.97. The number of H-pyrrole nitrogens is 1. The molecular formula is C16H14N2O2. The van der Waals surface area contributed by atoms with Crippen LogP contribution < -0.4 is 9.47 Å². The van der Waals surface area contributed by atoms with Crippen molar-refractivity contribution in [2.75, 3.05) is 6.61 Å². The first-order chi connectivity index (χ1) is 9.81. The molecule has 1 atom stereocenters. The zero-order valence-corrected chi connectivity index (χ0v) is 11.1. The van der Waals surface area contributed by atoms with E-state index in [1.165, 1.54) is 0 Å². The van der Waals surface area contributed by atoms with Gasteiger partial charge in [0.05, 0.1) is 11.0 Å². The van der Waals surface area contributed by atoms with Crippen LogP contribution in [-0.2, 0) is 0 Å². The normalized spacial score (nSPS) is 17.4. The van der Waals surface area contributed by atoms with Gasteiger partial charge in [-0.2, -0.15) is 0 Å². The van der Waals surface area contributed by atoms with E-state index in [9.17, 15) is 0 Å². The van der Waals surface area contributed by atoms with E-state index in [4.69, 9.17) is 9.47 Å². The molecular weight excluding hydrogens is 252 g/mol. The Morgan fingerprint density at radius 3 is 2.80 bits per heavy atom. The minimum absolute atomic E-state index is 0.198. The topological polar surface area (TPSA) is 47.1 Å². The maximum Gasteiger partial charge on any atom is 0.190 e. The molecule has 20 heavy (non-hydrogen) atoms. The molecule has 1 aliphatic heterocycles. The molecule has 100 valence electrons. The van der Waals surface area contributed by atoms with Crippen molar-refractivity contribution in [3.63, 3.8) is 0 Å². The molecule has 0 bridgehead atoms. The van der Waals surface area contributed by atoms with E-state index in [1.807, 2.05) is 36.4 Å². The lowest BCUT2D eigenvalue weighted by molar-refractivity contribution is 0.0859. The smallest absolute Gasteiger partial charge is 0.190 e. The fourth-order valence-electron chi connectivity index (χ4n) is 2.50. The number of aromatic nitrogens is 2. The van der Waals surface area contributed by atoms with Crippen molar-refractivity contribution in [1.82, 2.24) is 9.97 Å². The third-order valence-electron chi connectivity index (χ3n) is 3.55. The molecule has 1 N–H and O–H groups in total. The van der Waals surface area contributed by atoms with Gasteiger partial charge in [0, 0.05) is 0 Å². The van der Waals surface area contributed by atoms with Gasteiger partial charge in [0.25, 0.3) is 0 Å². The average molecular weight is 266 g/mol. The van der Waals surface area contributed by atoms with Gasteiger partial charge in [0.2, 0.25) is 0 Å². The van der Waals surface area contributed by atoms with Crippen molar-refractivity contribution in [3.05, 3.63) is 53.9 Å². The average Bonchev–Trinajstić information content (AvgIpc) is 2.92. The minimum atomic E-state index is -0.198. The lowest BCUT2D eigenvalue weighted by atomic mass is 10.2. The third-order valence-corrected chi connectivity index (χ3v) is 3.55. The van der Waals surface area contributed by atoms with E-state index in [2.05, 4.69) is 23.0 Å². The molecule has 1 unspecified atom stereocenters. The third kappa shape index (κ3) is 1.72. The van der Waals surface area contributed by atoms with E-state index in [0.717, 1.165) is 33.9 Å². The SMILES string of the molecule is Cc1cccc2[nH]c(C3COc4ccccc4O3)nc12. The van der Waals surface area contributed by atoms with Gasteiger partial charge in [-0.05, 0) is 30.7 Å². The van der Waals surface area contributed by atoms with Crippen LogP contribution in [0.25, 0.3) is 11.0 Å².